The van der Waals surface area contributed by atoms with Gasteiger partial charge in [-0.3, -0.25) is 4.79 Å². The summed E-state index contributed by atoms with van der Waals surface area (Å²) < 4.78 is 11.4. The number of pyridine rings is 1. The first-order valence-electron chi connectivity index (χ1n) is 19.5. The number of hydrogen-bond donors (Lipinski definition) is 1. The Morgan fingerprint density at radius 1 is 0.940 bits per heavy atom. The number of carboxylic acids is 1. The summed E-state index contributed by atoms with van der Waals surface area (Å²) in [6.07, 6.45) is 13.5. The lowest BCUT2D eigenvalue weighted by Gasteiger charge is -2.34. The van der Waals surface area contributed by atoms with Crippen LogP contribution in [-0.4, -0.2) is 27.4 Å². The van der Waals surface area contributed by atoms with E-state index >= 15 is 0 Å². The summed E-state index contributed by atoms with van der Waals surface area (Å²) in [4.78, 5) is 28.1. The molecule has 1 N–H and O–H groups in total. The van der Waals surface area contributed by atoms with Crippen LogP contribution in [0.5, 0.6) is 0 Å². The highest BCUT2D eigenvalue weighted by Gasteiger charge is 2.32. The lowest BCUT2D eigenvalue weighted by molar-refractivity contribution is -0.156. The Balaban J connectivity index is 0.000000431. The molecule has 0 aromatic carbocycles. The van der Waals surface area contributed by atoms with Crippen LogP contribution in [-0.2, 0) is 14.9 Å². The van der Waals surface area contributed by atoms with Crippen LogP contribution in [0.4, 0.5) is 0 Å². The van der Waals surface area contributed by atoms with Crippen LogP contribution >= 0.6 is 0 Å². The Morgan fingerprint density at radius 3 is 1.84 bits per heavy atom. The fraction of sp³-hybridized carbons (Fsp3) is 0.750. The van der Waals surface area contributed by atoms with Crippen molar-refractivity contribution >= 4 is 22.9 Å². The molecule has 0 unspecified atom stereocenters. The normalized spacial score (nSPS) is 16.2. The van der Waals surface area contributed by atoms with Gasteiger partial charge in [0.15, 0.2) is 16.9 Å². The molecular weight excluding hydrogens is 622 g/mol. The van der Waals surface area contributed by atoms with E-state index in [1.54, 1.807) is 13.8 Å². The molecule has 4 rings (SSSR count). The van der Waals surface area contributed by atoms with E-state index < -0.39 is 11.6 Å². The minimum atomic E-state index is -1.10. The van der Waals surface area contributed by atoms with Gasteiger partial charge >= 0.3 is 5.97 Å². The quantitative estimate of drug-likeness (QED) is 0.218. The van der Waals surface area contributed by atoms with Crippen molar-refractivity contribution in [2.75, 3.05) is 0 Å². The highest BCUT2D eigenvalue weighted by molar-refractivity contribution is 5.98. The van der Waals surface area contributed by atoms with Gasteiger partial charge in [-0.2, -0.15) is 0 Å². The van der Waals surface area contributed by atoms with E-state index in [1.807, 2.05) is 26.8 Å². The van der Waals surface area contributed by atoms with Crippen molar-refractivity contribution in [1.82, 2.24) is 4.98 Å². The number of Topliss-reactive ketones (excluding diaryl/α,β-unsaturated/α-hetero) is 1. The van der Waals surface area contributed by atoms with Crippen molar-refractivity contribution in [2.45, 2.75) is 198 Å². The summed E-state index contributed by atoms with van der Waals surface area (Å²) in [5.41, 5.74) is 5.03. The molecule has 0 bridgehead atoms. The molecule has 2 heterocycles. The minimum absolute atomic E-state index is 0.0452. The van der Waals surface area contributed by atoms with Crippen LogP contribution in [0.3, 0.4) is 0 Å². The molecule has 0 aliphatic heterocycles. The SMILES string of the molecule is CC(C)C(=O)c1cc2nc(C3CCC(C)(C)CC3)cc(C(C)(C)C)c2o1.CC(OC(C)(C)C(=O)O)=C1CCC1.CCCC.CCCC(C)(C)C. The second kappa shape index (κ2) is 19.3. The van der Waals surface area contributed by atoms with Gasteiger partial charge in [-0.15, -0.1) is 0 Å². The molecule has 2 aromatic rings. The predicted octanol–water partition coefficient (Wildman–Crippen LogP) is 13.6. The number of carbonyl (C=O) groups is 2. The highest BCUT2D eigenvalue weighted by atomic mass is 16.5. The lowest BCUT2D eigenvalue weighted by Crippen LogP contribution is -2.34. The van der Waals surface area contributed by atoms with Gasteiger partial charge in [0.1, 0.15) is 5.52 Å². The highest BCUT2D eigenvalue weighted by Crippen LogP contribution is 2.43. The number of unbranched alkanes of at least 4 members (excludes halogenated alkanes) is 1. The number of fused-ring (bicyclic) bond motifs is 1. The van der Waals surface area contributed by atoms with E-state index in [1.165, 1.54) is 69.1 Å². The van der Waals surface area contributed by atoms with E-state index in [0.717, 1.165) is 35.3 Å². The molecule has 0 saturated heterocycles. The lowest BCUT2D eigenvalue weighted by atomic mass is 9.72. The third kappa shape index (κ3) is 14.9. The molecule has 2 fully saturated rings. The molecule has 2 aromatic heterocycles. The van der Waals surface area contributed by atoms with Gasteiger partial charge in [0.25, 0.3) is 0 Å². The van der Waals surface area contributed by atoms with Crippen molar-refractivity contribution in [3.63, 3.8) is 0 Å². The predicted molar refractivity (Wildman–Crippen MR) is 211 cm³/mol. The molecule has 286 valence electrons. The number of nitrogens with zero attached hydrogens (tertiary/aromatic N) is 1. The van der Waals surface area contributed by atoms with Crippen LogP contribution in [0.25, 0.3) is 11.1 Å². The second-order valence-corrected chi connectivity index (χ2v) is 18.4. The first-order chi connectivity index (χ1) is 22.9. The Labute approximate surface area is 306 Å². The van der Waals surface area contributed by atoms with Gasteiger partial charge in [0, 0.05) is 29.2 Å². The maximum atomic E-state index is 12.4. The van der Waals surface area contributed by atoms with Gasteiger partial charge in [0.05, 0.1) is 5.76 Å². The minimum Gasteiger partial charge on any atom is -0.481 e. The largest absolute Gasteiger partial charge is 0.481 e. The van der Waals surface area contributed by atoms with Crippen molar-refractivity contribution in [2.24, 2.45) is 16.7 Å². The standard InChI is InChI=1S/C23H33NO2.C10H16O3.C7H16.C4H10/c1-14(2)20(25)19-13-18-21(26-19)16(22(3,4)5)12-17(24-18)15-8-10-23(6,7)11-9-15;1-7(8-5-4-6-8)13-10(2,3)9(11)12;1-5-6-7(2,3)4;1-3-4-2/h12-15H,8-11H2,1-7H3;4-6H2,1-3H3,(H,11,12);5-6H2,1-4H3;3-4H2,1-2H3. The molecule has 0 spiro atoms. The van der Waals surface area contributed by atoms with E-state index in [4.69, 9.17) is 19.2 Å². The molecule has 2 saturated carbocycles. The monoisotopic (exact) mass is 698 g/mol. The smallest absolute Gasteiger partial charge is 0.347 e. The summed E-state index contributed by atoms with van der Waals surface area (Å²) in [5, 5.41) is 8.82. The summed E-state index contributed by atoms with van der Waals surface area (Å²) in [6.45, 7) is 33.5. The van der Waals surface area contributed by atoms with Gasteiger partial charge in [-0.05, 0) is 100 Å². The molecule has 0 amide bonds. The summed E-state index contributed by atoms with van der Waals surface area (Å²) in [7, 11) is 0. The van der Waals surface area contributed by atoms with E-state index in [-0.39, 0.29) is 17.1 Å². The molecule has 0 atom stereocenters. The number of ether oxygens (including phenoxy) is 1. The number of aliphatic carboxylic acids is 1. The van der Waals surface area contributed by atoms with Gasteiger partial charge in [-0.25, -0.2) is 9.78 Å². The Morgan fingerprint density at radius 2 is 1.48 bits per heavy atom. The Hall–Kier alpha value is -2.63. The van der Waals surface area contributed by atoms with E-state index in [2.05, 4.69) is 82.2 Å². The molecule has 2 aliphatic carbocycles. The summed E-state index contributed by atoms with van der Waals surface area (Å²) in [5.74, 6) is 0.783. The van der Waals surface area contributed by atoms with Crippen LogP contribution in [0.2, 0.25) is 0 Å². The Bertz CT molecular complexity index is 1380. The molecular formula is C44H75NO5. The number of furan rings is 1. The van der Waals surface area contributed by atoms with Crippen LogP contribution in [0.1, 0.15) is 209 Å². The summed E-state index contributed by atoms with van der Waals surface area (Å²) >= 11 is 0. The molecule has 0 radical (unpaired) electrons. The van der Waals surface area contributed by atoms with E-state index in [9.17, 15) is 9.59 Å². The van der Waals surface area contributed by atoms with E-state index in [0.29, 0.717) is 22.5 Å². The molecule has 6 heteroatoms. The molecule has 50 heavy (non-hydrogen) atoms. The third-order valence-electron chi connectivity index (χ3n) is 9.71. The summed E-state index contributed by atoms with van der Waals surface area (Å²) in [6, 6.07) is 4.08. The zero-order valence-electron chi connectivity index (χ0n) is 35.1. The maximum Gasteiger partial charge on any atom is 0.347 e. The van der Waals surface area contributed by atoms with Crippen LogP contribution < -0.4 is 0 Å². The third-order valence-corrected chi connectivity index (χ3v) is 9.71. The average molecular weight is 698 g/mol. The number of aromatic nitrogens is 1. The number of rotatable bonds is 8. The zero-order chi connectivity index (χ0) is 38.7. The average Bonchev–Trinajstić information content (AvgIpc) is 3.38. The van der Waals surface area contributed by atoms with Gasteiger partial charge in [-0.1, -0.05) is 109 Å². The van der Waals surface area contributed by atoms with Gasteiger partial charge in [0.2, 0.25) is 5.78 Å². The second-order valence-electron chi connectivity index (χ2n) is 18.4. The van der Waals surface area contributed by atoms with Crippen molar-refractivity contribution in [3.05, 3.63) is 40.5 Å². The zero-order valence-corrected chi connectivity index (χ0v) is 35.1. The van der Waals surface area contributed by atoms with Gasteiger partial charge < -0.3 is 14.3 Å². The number of carbonyl (C=O) groups excluding carboxylic acids is 1. The molecule has 6 nitrogen and oxygen atoms in total. The van der Waals surface area contributed by atoms with Crippen molar-refractivity contribution in [1.29, 1.82) is 0 Å². The number of carboxylic acid groups (broad SMARTS) is 1. The van der Waals surface area contributed by atoms with Crippen molar-refractivity contribution in [3.8, 4) is 0 Å². The first-order valence-corrected chi connectivity index (χ1v) is 19.5. The first kappa shape index (κ1) is 45.4. The number of hydrogen-bond acceptors (Lipinski definition) is 5. The van der Waals surface area contributed by atoms with Crippen LogP contribution in [0.15, 0.2) is 27.9 Å². The Kier molecular flexibility index (Phi) is 17.5. The van der Waals surface area contributed by atoms with Crippen molar-refractivity contribution < 1.29 is 23.8 Å². The topological polar surface area (TPSA) is 89.6 Å². The van der Waals surface area contributed by atoms with Crippen LogP contribution in [0, 0.1) is 16.7 Å². The maximum absolute atomic E-state index is 12.4. The molecule has 2 aliphatic rings. The fourth-order valence-corrected chi connectivity index (χ4v) is 5.86. The fourth-order valence-electron chi connectivity index (χ4n) is 5.86. The number of allylic oxidation sites excluding steroid dienone is 2. The number of ketones is 1.